The van der Waals surface area contributed by atoms with Crippen molar-refractivity contribution in [2.45, 2.75) is 0 Å². The molecule has 0 N–H and O–H groups in total. The lowest BCUT2D eigenvalue weighted by Gasteiger charge is -2.26. The molecule has 47 heavy (non-hydrogen) atoms. The van der Waals surface area contributed by atoms with Crippen LogP contribution in [0.15, 0.2) is 173 Å². The zero-order chi connectivity index (χ0) is 30.9. The number of para-hydroxylation sites is 3. The minimum absolute atomic E-state index is 0.841. The Morgan fingerprint density at radius 1 is 0.340 bits per heavy atom. The number of hydrogen-bond acceptors (Lipinski definition) is 3. The predicted molar refractivity (Wildman–Crippen MR) is 196 cm³/mol. The van der Waals surface area contributed by atoms with E-state index in [-0.39, 0.29) is 0 Å². The maximum atomic E-state index is 6.91. The summed E-state index contributed by atoms with van der Waals surface area (Å²) in [6.45, 7) is 0. The van der Waals surface area contributed by atoms with Crippen LogP contribution in [0.2, 0.25) is 0 Å². The first kappa shape index (κ1) is 26.0. The third-order valence-corrected chi connectivity index (χ3v) is 9.41. The van der Waals surface area contributed by atoms with E-state index >= 15 is 0 Å². The predicted octanol–water partition coefficient (Wildman–Crippen LogP) is 12.9. The van der Waals surface area contributed by atoms with Crippen molar-refractivity contribution >= 4 is 82.5 Å². The minimum atomic E-state index is 0.841. The van der Waals surface area contributed by atoms with Crippen LogP contribution < -0.4 is 4.90 Å². The first-order chi connectivity index (χ1) is 23.3. The largest absolute Gasteiger partial charge is 0.456 e. The Bertz CT molecular complexity index is 2750. The van der Waals surface area contributed by atoms with Crippen LogP contribution in [0, 0.1) is 0 Å². The van der Waals surface area contributed by atoms with Gasteiger partial charge in [-0.15, -0.1) is 0 Å². The average molecular weight is 602 g/mol. The second-order valence-electron chi connectivity index (χ2n) is 12.1. The number of anilines is 3. The maximum Gasteiger partial charge on any atom is 0.143 e. The van der Waals surface area contributed by atoms with Crippen molar-refractivity contribution < 1.29 is 8.83 Å². The zero-order valence-electron chi connectivity index (χ0n) is 25.4. The van der Waals surface area contributed by atoms with Gasteiger partial charge in [-0.25, -0.2) is 0 Å². The molecule has 0 unspecified atom stereocenters. The molecule has 3 nitrogen and oxygen atoms in total. The van der Waals surface area contributed by atoms with Crippen LogP contribution in [0.4, 0.5) is 17.1 Å². The molecule has 3 heteroatoms. The Morgan fingerprint density at radius 2 is 0.915 bits per heavy atom. The SMILES string of the molecule is c1ccc(N(c2ccccc2)c2cc(-c3cc4ccccc4c4ccccc34)c3oc4ccc5oc6ccccc6c5c4c3c2)cc1. The van der Waals surface area contributed by atoms with Crippen molar-refractivity contribution in [1.82, 2.24) is 0 Å². The zero-order valence-corrected chi connectivity index (χ0v) is 25.4. The van der Waals surface area contributed by atoms with Gasteiger partial charge in [-0.2, -0.15) is 0 Å². The Morgan fingerprint density at radius 3 is 1.66 bits per heavy atom. The summed E-state index contributed by atoms with van der Waals surface area (Å²) in [6.07, 6.45) is 0. The summed E-state index contributed by atoms with van der Waals surface area (Å²) in [4.78, 5) is 2.33. The first-order valence-corrected chi connectivity index (χ1v) is 15.9. The van der Waals surface area contributed by atoms with Gasteiger partial charge in [0.15, 0.2) is 0 Å². The molecular weight excluding hydrogens is 574 g/mol. The number of hydrogen-bond donors (Lipinski definition) is 0. The van der Waals surface area contributed by atoms with E-state index in [1.54, 1.807) is 0 Å². The van der Waals surface area contributed by atoms with E-state index in [2.05, 4.69) is 144 Å². The van der Waals surface area contributed by atoms with E-state index in [0.717, 1.165) is 72.1 Å². The van der Waals surface area contributed by atoms with Crippen LogP contribution in [-0.2, 0) is 0 Å². The van der Waals surface area contributed by atoms with Gasteiger partial charge in [0.25, 0.3) is 0 Å². The number of nitrogens with zero attached hydrogens (tertiary/aromatic N) is 1. The fraction of sp³-hybridized carbons (Fsp3) is 0. The Balaban J connectivity index is 1.39. The minimum Gasteiger partial charge on any atom is -0.456 e. The van der Waals surface area contributed by atoms with Gasteiger partial charge < -0.3 is 13.7 Å². The van der Waals surface area contributed by atoms with Crippen molar-refractivity contribution in [3.8, 4) is 11.1 Å². The van der Waals surface area contributed by atoms with Crippen LogP contribution in [0.5, 0.6) is 0 Å². The first-order valence-electron chi connectivity index (χ1n) is 15.9. The van der Waals surface area contributed by atoms with Crippen LogP contribution in [0.1, 0.15) is 0 Å². The molecule has 0 radical (unpaired) electrons. The van der Waals surface area contributed by atoms with Crippen molar-refractivity contribution in [3.63, 3.8) is 0 Å². The lowest BCUT2D eigenvalue weighted by molar-refractivity contribution is 0.663. The second kappa shape index (κ2) is 10.1. The Kier molecular flexibility index (Phi) is 5.57. The molecule has 8 aromatic carbocycles. The highest BCUT2D eigenvalue weighted by Gasteiger charge is 2.23. The van der Waals surface area contributed by atoms with E-state index in [4.69, 9.17) is 8.83 Å². The molecule has 0 amide bonds. The molecule has 0 saturated heterocycles. The molecule has 2 heterocycles. The summed E-state index contributed by atoms with van der Waals surface area (Å²) in [6, 6.07) is 57.8. The molecule has 0 aliphatic heterocycles. The number of furan rings is 2. The summed E-state index contributed by atoms with van der Waals surface area (Å²) in [5.41, 5.74) is 8.83. The summed E-state index contributed by atoms with van der Waals surface area (Å²) in [5.74, 6) is 0. The molecule has 0 aliphatic rings. The van der Waals surface area contributed by atoms with Gasteiger partial charge in [0.05, 0.1) is 0 Å². The second-order valence-corrected chi connectivity index (χ2v) is 12.1. The monoisotopic (exact) mass is 601 g/mol. The smallest absolute Gasteiger partial charge is 0.143 e. The topological polar surface area (TPSA) is 29.5 Å². The number of fused-ring (bicyclic) bond motifs is 10. The van der Waals surface area contributed by atoms with E-state index in [9.17, 15) is 0 Å². The summed E-state index contributed by atoms with van der Waals surface area (Å²) in [7, 11) is 0. The molecule has 0 fully saturated rings. The third-order valence-electron chi connectivity index (χ3n) is 9.41. The van der Waals surface area contributed by atoms with Gasteiger partial charge in [0.1, 0.15) is 22.3 Å². The van der Waals surface area contributed by atoms with E-state index in [0.29, 0.717) is 0 Å². The van der Waals surface area contributed by atoms with E-state index in [1.807, 2.05) is 24.3 Å². The van der Waals surface area contributed by atoms with Gasteiger partial charge in [-0.3, -0.25) is 0 Å². The fourth-order valence-electron chi connectivity index (χ4n) is 7.38. The fourth-order valence-corrected chi connectivity index (χ4v) is 7.38. The van der Waals surface area contributed by atoms with Gasteiger partial charge in [-0.05, 0) is 87.8 Å². The van der Waals surface area contributed by atoms with Gasteiger partial charge >= 0.3 is 0 Å². The third kappa shape index (κ3) is 3.93. The molecule has 2 aromatic heterocycles. The molecule has 0 bridgehead atoms. The summed E-state index contributed by atoms with van der Waals surface area (Å²) >= 11 is 0. The highest BCUT2D eigenvalue weighted by atomic mass is 16.3. The summed E-state index contributed by atoms with van der Waals surface area (Å²) < 4.78 is 13.3. The normalized spacial score (nSPS) is 11.8. The van der Waals surface area contributed by atoms with Gasteiger partial charge in [-0.1, -0.05) is 103 Å². The quantitative estimate of drug-likeness (QED) is 0.188. The van der Waals surface area contributed by atoms with E-state index in [1.165, 1.54) is 21.5 Å². The molecule has 0 spiro atoms. The molecule has 0 saturated carbocycles. The lowest BCUT2D eigenvalue weighted by atomic mass is 9.91. The van der Waals surface area contributed by atoms with Crippen molar-refractivity contribution in [1.29, 1.82) is 0 Å². The number of benzene rings is 8. The van der Waals surface area contributed by atoms with Crippen LogP contribution in [0.3, 0.4) is 0 Å². The Hall–Kier alpha value is -6.32. The molecule has 0 atom stereocenters. The van der Waals surface area contributed by atoms with Gasteiger partial charge in [0.2, 0.25) is 0 Å². The summed E-state index contributed by atoms with van der Waals surface area (Å²) in [5, 5.41) is 9.13. The lowest BCUT2D eigenvalue weighted by Crippen LogP contribution is -2.09. The van der Waals surface area contributed by atoms with E-state index < -0.39 is 0 Å². The number of rotatable bonds is 4. The highest BCUT2D eigenvalue weighted by Crippen LogP contribution is 2.48. The van der Waals surface area contributed by atoms with Crippen molar-refractivity contribution in [3.05, 3.63) is 164 Å². The molecule has 0 aliphatic carbocycles. The van der Waals surface area contributed by atoms with Crippen molar-refractivity contribution in [2.75, 3.05) is 4.90 Å². The van der Waals surface area contributed by atoms with Crippen LogP contribution >= 0.6 is 0 Å². The average Bonchev–Trinajstić information content (AvgIpc) is 3.70. The molecule has 10 aromatic rings. The standard InChI is InChI=1S/C44H27NO2/c1-3-14-29(15-4-1)45(30-16-5-2-6-17-30)31-26-37(36-25-28-13-7-8-18-32(28)33-19-9-10-20-34(33)36)44-38(27-31)43-41(47-44)24-23-40-42(43)35-21-11-12-22-39(35)46-40/h1-27H. The van der Waals surface area contributed by atoms with Gasteiger partial charge in [0, 0.05) is 44.2 Å². The molecule has 10 rings (SSSR count). The maximum absolute atomic E-state index is 6.91. The molecular formula is C44H27NO2. The Labute approximate surface area is 270 Å². The molecule has 220 valence electrons. The highest BCUT2D eigenvalue weighted by molar-refractivity contribution is 6.28. The van der Waals surface area contributed by atoms with Crippen LogP contribution in [0.25, 0.3) is 76.5 Å². The van der Waals surface area contributed by atoms with Crippen LogP contribution in [-0.4, -0.2) is 0 Å². The van der Waals surface area contributed by atoms with Crippen molar-refractivity contribution in [2.24, 2.45) is 0 Å².